The van der Waals surface area contributed by atoms with Gasteiger partial charge in [0.25, 0.3) is 0 Å². The Balaban J connectivity index is 1.46. The van der Waals surface area contributed by atoms with Crippen molar-refractivity contribution in [3.63, 3.8) is 0 Å². The van der Waals surface area contributed by atoms with Gasteiger partial charge in [-0.05, 0) is 50.5 Å². The van der Waals surface area contributed by atoms with Crippen LogP contribution < -0.4 is 9.80 Å². The van der Waals surface area contributed by atoms with Crippen molar-refractivity contribution in [2.24, 2.45) is 0 Å². The Labute approximate surface area is 181 Å². The molecule has 1 aliphatic heterocycles. The second-order valence-electron chi connectivity index (χ2n) is 7.71. The topological polar surface area (TPSA) is 67.2 Å². The summed E-state index contributed by atoms with van der Waals surface area (Å²) in [5.41, 5.74) is 2.87. The summed E-state index contributed by atoms with van der Waals surface area (Å²) in [5.74, 6) is 1.42. The minimum Gasteiger partial charge on any atom is -0.343 e. The first-order valence-electron chi connectivity index (χ1n) is 10.7. The molecule has 0 unspecified atom stereocenters. The fraction of sp³-hybridized carbons (Fsp3) is 0.391. The van der Waals surface area contributed by atoms with Gasteiger partial charge in [-0.1, -0.05) is 12.1 Å². The number of hydrogen-bond acceptors (Lipinski definition) is 5. The number of rotatable bonds is 7. The van der Waals surface area contributed by atoms with E-state index in [0.717, 1.165) is 34.9 Å². The van der Waals surface area contributed by atoms with E-state index in [-0.39, 0.29) is 17.8 Å². The van der Waals surface area contributed by atoms with Crippen LogP contribution in [0.3, 0.4) is 0 Å². The van der Waals surface area contributed by atoms with Crippen molar-refractivity contribution in [3.8, 4) is 0 Å². The summed E-state index contributed by atoms with van der Waals surface area (Å²) in [7, 11) is 0. The molecule has 0 fully saturated rings. The van der Waals surface area contributed by atoms with Crippen LogP contribution in [0.5, 0.6) is 0 Å². The van der Waals surface area contributed by atoms with Crippen LogP contribution in [-0.4, -0.2) is 44.8 Å². The van der Waals surface area contributed by atoms with Gasteiger partial charge >= 0.3 is 0 Å². The molecular formula is C23H27FN6O. The number of aryl methyl sites for hydroxylation is 2. The van der Waals surface area contributed by atoms with Crippen molar-refractivity contribution in [2.75, 3.05) is 22.9 Å². The van der Waals surface area contributed by atoms with Crippen LogP contribution in [0.25, 0.3) is 0 Å². The second-order valence-corrected chi connectivity index (χ2v) is 7.71. The van der Waals surface area contributed by atoms with Gasteiger partial charge < -0.3 is 9.80 Å². The summed E-state index contributed by atoms with van der Waals surface area (Å²) in [6.07, 6.45) is 7.06. The third-order valence-electron chi connectivity index (χ3n) is 5.69. The molecule has 1 amide bonds. The van der Waals surface area contributed by atoms with E-state index in [1.165, 1.54) is 12.1 Å². The number of benzene rings is 1. The largest absolute Gasteiger partial charge is 0.343 e. The van der Waals surface area contributed by atoms with Crippen LogP contribution in [0, 0.1) is 5.82 Å². The summed E-state index contributed by atoms with van der Waals surface area (Å²) in [4.78, 5) is 25.8. The van der Waals surface area contributed by atoms with Crippen LogP contribution in [-0.2, 0) is 24.2 Å². The van der Waals surface area contributed by atoms with Crippen molar-refractivity contribution in [1.82, 2.24) is 19.7 Å². The lowest BCUT2D eigenvalue weighted by molar-refractivity contribution is -0.119. The van der Waals surface area contributed by atoms with Crippen LogP contribution >= 0.6 is 0 Å². The second kappa shape index (κ2) is 8.83. The van der Waals surface area contributed by atoms with Crippen molar-refractivity contribution < 1.29 is 9.18 Å². The first-order chi connectivity index (χ1) is 15.0. The number of aromatic nitrogens is 4. The molecule has 31 heavy (non-hydrogen) atoms. The predicted molar refractivity (Wildman–Crippen MR) is 118 cm³/mol. The molecular weight excluding hydrogens is 395 g/mol. The van der Waals surface area contributed by atoms with Crippen molar-refractivity contribution in [3.05, 3.63) is 65.6 Å². The smallest absolute Gasteiger partial charge is 0.249 e. The Bertz CT molecular complexity index is 1060. The highest BCUT2D eigenvalue weighted by Crippen LogP contribution is 2.33. The lowest BCUT2D eigenvalue weighted by atomic mass is 10.1. The molecule has 0 saturated carbocycles. The van der Waals surface area contributed by atoms with Gasteiger partial charge in [0.1, 0.15) is 23.4 Å². The lowest BCUT2D eigenvalue weighted by Crippen LogP contribution is -2.52. The van der Waals surface area contributed by atoms with E-state index in [2.05, 4.69) is 10.1 Å². The molecule has 1 atom stereocenters. The standard InChI is InChI=1S/C23H27FN6O/c1-4-29-16(3)23(31)30(5-2)20-13-25-21(27-22(20)29)11-8-18-12-26-28(15-18)14-17-6-9-19(24)10-7-17/h6-7,9-10,12-13,15-16H,4-5,8,11,14H2,1-3H3/t16-/m1/s1. The molecule has 1 aromatic carbocycles. The lowest BCUT2D eigenvalue weighted by Gasteiger charge is -2.39. The SMILES string of the molecule is CCN1C(=O)[C@@H](C)N(CC)c2nc(CCc3cnn(Cc4ccc(F)cc4)c3)ncc21. The molecule has 4 rings (SSSR count). The fourth-order valence-corrected chi connectivity index (χ4v) is 3.99. The first kappa shape index (κ1) is 21.0. The number of likely N-dealkylation sites (N-methyl/N-ethyl adjacent to an activating group) is 2. The van der Waals surface area contributed by atoms with Crippen molar-refractivity contribution in [1.29, 1.82) is 0 Å². The monoisotopic (exact) mass is 422 g/mol. The zero-order chi connectivity index (χ0) is 22.0. The van der Waals surface area contributed by atoms with Crippen LogP contribution in [0.4, 0.5) is 15.9 Å². The predicted octanol–water partition coefficient (Wildman–Crippen LogP) is 3.23. The maximum absolute atomic E-state index is 13.1. The average Bonchev–Trinajstić information content (AvgIpc) is 3.22. The highest BCUT2D eigenvalue weighted by atomic mass is 19.1. The summed E-state index contributed by atoms with van der Waals surface area (Å²) >= 11 is 0. The number of carbonyl (C=O) groups excluding carboxylic acids is 1. The molecule has 0 aliphatic carbocycles. The number of halogens is 1. The molecule has 0 radical (unpaired) electrons. The minimum absolute atomic E-state index is 0.0850. The molecule has 3 aromatic rings. The van der Waals surface area contributed by atoms with Gasteiger partial charge in [0.05, 0.1) is 18.9 Å². The molecule has 0 spiro atoms. The van der Waals surface area contributed by atoms with Gasteiger partial charge in [0.2, 0.25) is 5.91 Å². The normalized spacial score (nSPS) is 16.0. The third-order valence-corrected chi connectivity index (χ3v) is 5.69. The Morgan fingerprint density at radius 3 is 2.52 bits per heavy atom. The van der Waals surface area contributed by atoms with Gasteiger partial charge in [0.15, 0.2) is 5.82 Å². The number of fused-ring (bicyclic) bond motifs is 1. The summed E-state index contributed by atoms with van der Waals surface area (Å²) in [5, 5.41) is 4.41. The Morgan fingerprint density at radius 1 is 1.03 bits per heavy atom. The van der Waals surface area contributed by atoms with Crippen molar-refractivity contribution in [2.45, 2.75) is 46.2 Å². The zero-order valence-electron chi connectivity index (χ0n) is 18.1. The van der Waals surface area contributed by atoms with E-state index in [9.17, 15) is 9.18 Å². The molecule has 0 bridgehead atoms. The van der Waals surface area contributed by atoms with Crippen molar-refractivity contribution >= 4 is 17.4 Å². The van der Waals surface area contributed by atoms with Crippen LogP contribution in [0.1, 0.15) is 37.7 Å². The number of hydrogen-bond donors (Lipinski definition) is 0. The quantitative estimate of drug-likeness (QED) is 0.585. The Hall–Kier alpha value is -3.29. The van der Waals surface area contributed by atoms with Gasteiger partial charge in [-0.25, -0.2) is 14.4 Å². The maximum Gasteiger partial charge on any atom is 0.249 e. The van der Waals surface area contributed by atoms with Gasteiger partial charge in [0, 0.05) is 25.7 Å². The molecule has 0 saturated heterocycles. The number of amides is 1. The van der Waals surface area contributed by atoms with E-state index in [1.807, 2.05) is 42.7 Å². The fourth-order valence-electron chi connectivity index (χ4n) is 3.99. The highest BCUT2D eigenvalue weighted by Gasteiger charge is 2.35. The molecule has 1 aliphatic rings. The molecule has 8 heteroatoms. The van der Waals surface area contributed by atoms with E-state index >= 15 is 0 Å². The highest BCUT2D eigenvalue weighted by molar-refractivity contribution is 6.04. The van der Waals surface area contributed by atoms with E-state index in [4.69, 9.17) is 4.98 Å². The third kappa shape index (κ3) is 4.28. The first-order valence-corrected chi connectivity index (χ1v) is 10.7. The summed E-state index contributed by atoms with van der Waals surface area (Å²) in [6, 6.07) is 6.22. The summed E-state index contributed by atoms with van der Waals surface area (Å²) < 4.78 is 14.9. The molecule has 2 aromatic heterocycles. The van der Waals surface area contributed by atoms with E-state index in [1.54, 1.807) is 23.2 Å². The van der Waals surface area contributed by atoms with E-state index < -0.39 is 0 Å². The molecule has 0 N–H and O–H groups in total. The van der Waals surface area contributed by atoms with Gasteiger partial charge in [-0.15, -0.1) is 0 Å². The van der Waals surface area contributed by atoms with E-state index in [0.29, 0.717) is 26.1 Å². The molecule has 3 heterocycles. The van der Waals surface area contributed by atoms with Gasteiger partial charge in [-0.2, -0.15) is 5.10 Å². The average molecular weight is 423 g/mol. The number of nitrogens with zero attached hydrogens (tertiary/aromatic N) is 6. The van der Waals surface area contributed by atoms with Crippen LogP contribution in [0.2, 0.25) is 0 Å². The Morgan fingerprint density at radius 2 is 1.81 bits per heavy atom. The number of anilines is 2. The van der Waals surface area contributed by atoms with Crippen LogP contribution in [0.15, 0.2) is 42.9 Å². The maximum atomic E-state index is 13.1. The van der Waals surface area contributed by atoms with Gasteiger partial charge in [-0.3, -0.25) is 9.48 Å². The molecule has 162 valence electrons. The molecule has 7 nitrogen and oxygen atoms in total. The summed E-state index contributed by atoms with van der Waals surface area (Å²) in [6.45, 7) is 7.84. The minimum atomic E-state index is -0.239. The zero-order valence-corrected chi connectivity index (χ0v) is 18.1. The Kier molecular flexibility index (Phi) is 5.97. The number of carbonyl (C=O) groups is 1.